The van der Waals surface area contributed by atoms with Crippen molar-refractivity contribution in [2.45, 2.75) is 69.7 Å². The fourth-order valence-corrected chi connectivity index (χ4v) is 5.63. The van der Waals surface area contributed by atoms with Gasteiger partial charge in [-0.05, 0) is 53.8 Å². The summed E-state index contributed by atoms with van der Waals surface area (Å²) in [5.41, 5.74) is 1.21. The number of hydrogen-bond acceptors (Lipinski definition) is 7. The van der Waals surface area contributed by atoms with Crippen molar-refractivity contribution >= 4 is 0 Å². The second-order valence-electron chi connectivity index (χ2n) is 9.39. The molecule has 0 radical (unpaired) electrons. The molecule has 2 aromatic rings. The van der Waals surface area contributed by atoms with Gasteiger partial charge in [0.15, 0.2) is 5.82 Å². The molecule has 2 unspecified atom stereocenters. The zero-order valence-corrected chi connectivity index (χ0v) is 19.2. The minimum Gasteiger partial charge on any atom is -0.497 e. The first-order chi connectivity index (χ1) is 15.8. The van der Waals surface area contributed by atoms with Gasteiger partial charge in [0.05, 0.1) is 25.8 Å². The number of tetrazole rings is 1. The van der Waals surface area contributed by atoms with E-state index in [2.05, 4.69) is 37.5 Å². The summed E-state index contributed by atoms with van der Waals surface area (Å²) in [6, 6.07) is 9.19. The van der Waals surface area contributed by atoms with Gasteiger partial charge >= 0.3 is 0 Å². The summed E-state index contributed by atoms with van der Waals surface area (Å²) in [5, 5.41) is 13.0. The van der Waals surface area contributed by atoms with E-state index >= 15 is 0 Å². The lowest BCUT2D eigenvalue weighted by Gasteiger charge is -2.43. The lowest BCUT2D eigenvalue weighted by Crippen LogP contribution is -2.52. The first-order valence-electron chi connectivity index (χ1n) is 12.3. The number of benzene rings is 1. The van der Waals surface area contributed by atoms with Crippen molar-refractivity contribution in [1.82, 2.24) is 30.0 Å². The first-order valence-corrected chi connectivity index (χ1v) is 12.3. The Morgan fingerprint density at radius 3 is 2.47 bits per heavy atom. The second-order valence-corrected chi connectivity index (χ2v) is 9.39. The lowest BCUT2D eigenvalue weighted by molar-refractivity contribution is 0.0595. The quantitative estimate of drug-likeness (QED) is 0.656. The van der Waals surface area contributed by atoms with Crippen LogP contribution in [0.4, 0.5) is 0 Å². The molecule has 8 nitrogen and oxygen atoms in total. The number of rotatable bonds is 7. The minimum atomic E-state index is 0.0332. The summed E-state index contributed by atoms with van der Waals surface area (Å²) in [4.78, 5) is 5.27. The molecule has 3 heterocycles. The topological polar surface area (TPSA) is 68.5 Å². The van der Waals surface area contributed by atoms with Crippen molar-refractivity contribution in [2.75, 3.05) is 39.9 Å². The predicted molar refractivity (Wildman–Crippen MR) is 122 cm³/mol. The molecule has 32 heavy (non-hydrogen) atoms. The molecule has 1 aromatic heterocycles. The number of nitrogens with zero attached hydrogens (tertiary/aromatic N) is 6. The maximum Gasteiger partial charge on any atom is 0.173 e. The second kappa shape index (κ2) is 10.3. The normalized spacial score (nSPS) is 24.6. The Morgan fingerprint density at radius 2 is 1.78 bits per heavy atom. The third-order valence-electron chi connectivity index (χ3n) is 7.44. The Balaban J connectivity index is 1.36. The van der Waals surface area contributed by atoms with Crippen LogP contribution in [0.1, 0.15) is 62.4 Å². The number of methoxy groups -OCH3 is 1. The van der Waals surface area contributed by atoms with E-state index in [1.54, 1.807) is 7.11 Å². The van der Waals surface area contributed by atoms with Crippen LogP contribution in [0.5, 0.6) is 5.75 Å². The Hall–Kier alpha value is -2.03. The summed E-state index contributed by atoms with van der Waals surface area (Å²) in [6.07, 6.45) is 9.30. The largest absolute Gasteiger partial charge is 0.497 e. The van der Waals surface area contributed by atoms with E-state index < -0.39 is 0 Å². The van der Waals surface area contributed by atoms with Crippen LogP contribution >= 0.6 is 0 Å². The molecule has 2 aliphatic heterocycles. The molecule has 3 fully saturated rings. The zero-order chi connectivity index (χ0) is 21.8. The van der Waals surface area contributed by atoms with Crippen molar-refractivity contribution in [3.63, 3.8) is 0 Å². The van der Waals surface area contributed by atoms with E-state index in [0.29, 0.717) is 0 Å². The van der Waals surface area contributed by atoms with E-state index in [9.17, 15) is 0 Å². The molecule has 5 rings (SSSR count). The van der Waals surface area contributed by atoms with E-state index in [0.717, 1.165) is 69.8 Å². The maximum atomic E-state index is 5.87. The van der Waals surface area contributed by atoms with Gasteiger partial charge in [-0.2, -0.15) is 0 Å². The molecule has 1 saturated carbocycles. The van der Waals surface area contributed by atoms with E-state index in [-0.39, 0.29) is 12.1 Å². The third kappa shape index (κ3) is 4.82. The van der Waals surface area contributed by atoms with Crippen LogP contribution in [-0.4, -0.2) is 82.0 Å². The Morgan fingerprint density at radius 1 is 1.00 bits per heavy atom. The monoisotopic (exact) mass is 440 g/mol. The van der Waals surface area contributed by atoms with Crippen LogP contribution < -0.4 is 4.74 Å². The summed E-state index contributed by atoms with van der Waals surface area (Å²) in [5.74, 6) is 1.78. The molecule has 3 aliphatic rings. The van der Waals surface area contributed by atoms with Gasteiger partial charge in [-0.1, -0.05) is 31.4 Å². The molecule has 0 spiro atoms. The van der Waals surface area contributed by atoms with Gasteiger partial charge in [-0.3, -0.25) is 9.80 Å². The van der Waals surface area contributed by atoms with Gasteiger partial charge in [0.2, 0.25) is 0 Å². The Bertz CT molecular complexity index is 836. The highest BCUT2D eigenvalue weighted by Gasteiger charge is 2.33. The van der Waals surface area contributed by atoms with Gasteiger partial charge in [0.25, 0.3) is 0 Å². The summed E-state index contributed by atoms with van der Waals surface area (Å²) < 4.78 is 13.2. The van der Waals surface area contributed by atoms with Crippen LogP contribution in [-0.2, 0) is 11.3 Å². The number of aromatic nitrogens is 4. The van der Waals surface area contributed by atoms with Crippen LogP contribution in [0.15, 0.2) is 24.3 Å². The summed E-state index contributed by atoms with van der Waals surface area (Å²) in [6.45, 7) is 5.85. The summed E-state index contributed by atoms with van der Waals surface area (Å²) in [7, 11) is 1.71. The van der Waals surface area contributed by atoms with Crippen LogP contribution in [0.3, 0.4) is 0 Å². The van der Waals surface area contributed by atoms with Gasteiger partial charge in [-0.15, -0.1) is 5.10 Å². The summed E-state index contributed by atoms with van der Waals surface area (Å²) >= 11 is 0. The number of hydrogen-bond donors (Lipinski definition) is 0. The minimum absolute atomic E-state index is 0.0332. The van der Waals surface area contributed by atoms with Gasteiger partial charge in [0, 0.05) is 38.8 Å². The highest BCUT2D eigenvalue weighted by Crippen LogP contribution is 2.31. The van der Waals surface area contributed by atoms with Crippen LogP contribution in [0, 0.1) is 0 Å². The van der Waals surface area contributed by atoms with Crippen LogP contribution in [0.2, 0.25) is 0 Å². The Kier molecular flexibility index (Phi) is 7.00. The van der Waals surface area contributed by atoms with Crippen molar-refractivity contribution in [3.8, 4) is 5.75 Å². The molecule has 174 valence electrons. The maximum absolute atomic E-state index is 5.87. The smallest absolute Gasteiger partial charge is 0.173 e. The molecule has 0 bridgehead atoms. The van der Waals surface area contributed by atoms with Crippen LogP contribution in [0.25, 0.3) is 0 Å². The molecular formula is C24H36N6O2. The molecule has 1 aliphatic carbocycles. The SMILES string of the molecule is COc1ccc(C(c2nnnn2CC2CCCO2)N2CCN(C3CCCCC3)CC2)cc1. The molecular weight excluding hydrogens is 404 g/mol. The van der Waals surface area contributed by atoms with Gasteiger partial charge in [0.1, 0.15) is 5.75 Å². The van der Waals surface area contributed by atoms with E-state index in [1.807, 2.05) is 16.8 Å². The van der Waals surface area contributed by atoms with Gasteiger partial charge in [-0.25, -0.2) is 4.68 Å². The zero-order valence-electron chi connectivity index (χ0n) is 19.2. The number of ether oxygens (including phenoxy) is 2. The van der Waals surface area contributed by atoms with Crippen molar-refractivity contribution in [1.29, 1.82) is 0 Å². The lowest BCUT2D eigenvalue weighted by atomic mass is 9.93. The predicted octanol–water partition coefficient (Wildman–Crippen LogP) is 2.90. The molecule has 2 atom stereocenters. The molecule has 1 aromatic carbocycles. The number of piperazine rings is 1. The average Bonchev–Trinajstić information content (AvgIpc) is 3.54. The molecule has 2 saturated heterocycles. The fourth-order valence-electron chi connectivity index (χ4n) is 5.63. The first kappa shape index (κ1) is 21.8. The van der Waals surface area contributed by atoms with Crippen molar-refractivity contribution in [3.05, 3.63) is 35.7 Å². The van der Waals surface area contributed by atoms with Gasteiger partial charge < -0.3 is 9.47 Å². The highest BCUT2D eigenvalue weighted by atomic mass is 16.5. The molecule has 0 N–H and O–H groups in total. The molecule has 0 amide bonds. The molecule has 8 heteroatoms. The van der Waals surface area contributed by atoms with Crippen molar-refractivity contribution < 1.29 is 9.47 Å². The standard InChI is InChI=1S/C24H36N6O2/c1-31-21-11-9-19(10-12-21)23(24-25-26-27-30(24)18-22-8-5-17-32-22)29-15-13-28(14-16-29)20-6-3-2-4-7-20/h9-12,20,22-23H,2-8,13-18H2,1H3. The Labute approximate surface area is 190 Å². The van der Waals surface area contributed by atoms with E-state index in [4.69, 9.17) is 9.47 Å². The third-order valence-corrected chi connectivity index (χ3v) is 7.44. The van der Waals surface area contributed by atoms with Crippen molar-refractivity contribution in [2.24, 2.45) is 0 Å². The van der Waals surface area contributed by atoms with E-state index in [1.165, 1.54) is 37.7 Å². The highest BCUT2D eigenvalue weighted by molar-refractivity contribution is 5.32. The fraction of sp³-hybridized carbons (Fsp3) is 0.708. The average molecular weight is 441 g/mol.